The van der Waals surface area contributed by atoms with Crippen molar-refractivity contribution in [1.82, 2.24) is 4.90 Å². The Kier molecular flexibility index (Phi) is 8.27. The Bertz CT molecular complexity index is 225. The maximum Gasteiger partial charge on any atom is 0.132 e. The molecule has 1 aliphatic heterocycles. The van der Waals surface area contributed by atoms with E-state index in [2.05, 4.69) is 11.8 Å². The first-order valence-electron chi connectivity index (χ1n) is 7.73. The lowest BCUT2D eigenvalue weighted by atomic mass is 9.98. The van der Waals surface area contributed by atoms with Crippen molar-refractivity contribution in [2.75, 3.05) is 19.6 Å². The maximum absolute atomic E-state index is 11.7. The third kappa shape index (κ3) is 5.96. The summed E-state index contributed by atoms with van der Waals surface area (Å²) in [6.45, 7) is 5.29. The molecule has 1 heterocycles. The minimum atomic E-state index is 0.437. The number of piperidine rings is 1. The molecule has 1 unspecified atom stereocenters. The number of hydrogen-bond donors (Lipinski definition) is 1. The highest BCUT2D eigenvalue weighted by Gasteiger charge is 2.20. The molecule has 0 bridgehead atoms. The van der Waals surface area contributed by atoms with Gasteiger partial charge in [-0.25, -0.2) is 0 Å². The van der Waals surface area contributed by atoms with Crippen LogP contribution in [-0.4, -0.2) is 36.4 Å². The van der Waals surface area contributed by atoms with Gasteiger partial charge in [-0.3, -0.25) is 4.79 Å². The van der Waals surface area contributed by atoms with E-state index in [1.54, 1.807) is 0 Å². The van der Waals surface area contributed by atoms with Crippen molar-refractivity contribution in [3.05, 3.63) is 0 Å². The van der Waals surface area contributed by atoms with Gasteiger partial charge in [0.15, 0.2) is 0 Å². The normalized spacial score (nSPS) is 18.8. The molecule has 1 atom stereocenters. The zero-order valence-corrected chi connectivity index (χ0v) is 12.0. The van der Waals surface area contributed by atoms with Crippen LogP contribution in [0.1, 0.15) is 64.7 Å². The second-order valence-electron chi connectivity index (χ2n) is 5.51. The van der Waals surface area contributed by atoms with E-state index in [0.29, 0.717) is 11.8 Å². The molecular weight excluding hydrogens is 224 g/mol. The molecule has 3 nitrogen and oxygen atoms in total. The third-order valence-electron chi connectivity index (χ3n) is 3.93. The Labute approximate surface area is 112 Å². The highest BCUT2D eigenvalue weighted by Crippen LogP contribution is 2.19. The van der Waals surface area contributed by atoms with E-state index < -0.39 is 0 Å². The molecule has 0 aliphatic carbocycles. The minimum absolute atomic E-state index is 0.437. The molecule has 0 amide bonds. The van der Waals surface area contributed by atoms with E-state index in [9.17, 15) is 4.79 Å². The monoisotopic (exact) mass is 254 g/mol. The van der Waals surface area contributed by atoms with Gasteiger partial charge >= 0.3 is 0 Å². The van der Waals surface area contributed by atoms with Gasteiger partial charge in [-0.2, -0.15) is 0 Å². The third-order valence-corrected chi connectivity index (χ3v) is 3.93. The number of nitrogens with zero attached hydrogens (tertiary/aromatic N) is 1. The molecular formula is C15H30N2O. The van der Waals surface area contributed by atoms with E-state index in [1.165, 1.54) is 32.4 Å². The number of hydrogen-bond acceptors (Lipinski definition) is 3. The first-order chi connectivity index (χ1) is 8.77. The van der Waals surface area contributed by atoms with Gasteiger partial charge in [0, 0.05) is 18.9 Å². The van der Waals surface area contributed by atoms with Gasteiger partial charge in [0.2, 0.25) is 0 Å². The summed E-state index contributed by atoms with van der Waals surface area (Å²) in [6, 6.07) is 0.592. The second-order valence-corrected chi connectivity index (χ2v) is 5.51. The van der Waals surface area contributed by atoms with Gasteiger partial charge in [0.25, 0.3) is 0 Å². The van der Waals surface area contributed by atoms with Crippen LogP contribution in [0.15, 0.2) is 0 Å². The number of carbonyl (C=O) groups excluding carboxylic acids is 1. The molecule has 18 heavy (non-hydrogen) atoms. The lowest BCUT2D eigenvalue weighted by molar-refractivity contribution is -0.119. The average molecular weight is 254 g/mol. The molecule has 0 aromatic heterocycles. The fourth-order valence-corrected chi connectivity index (χ4v) is 2.88. The molecule has 1 aliphatic rings. The summed E-state index contributed by atoms with van der Waals surface area (Å²) in [5.41, 5.74) is 5.62. The van der Waals surface area contributed by atoms with Crippen LogP contribution in [0.5, 0.6) is 0 Å². The molecule has 0 saturated carbocycles. The van der Waals surface area contributed by atoms with Gasteiger partial charge in [-0.15, -0.1) is 0 Å². The molecule has 2 N–H and O–H groups in total. The van der Waals surface area contributed by atoms with Gasteiger partial charge in [-0.05, 0) is 58.2 Å². The molecule has 1 rings (SSSR count). The van der Waals surface area contributed by atoms with Gasteiger partial charge in [-0.1, -0.05) is 13.3 Å². The predicted octanol–water partition coefficient (Wildman–Crippen LogP) is 2.73. The smallest absolute Gasteiger partial charge is 0.132 e. The van der Waals surface area contributed by atoms with E-state index in [0.717, 1.165) is 45.1 Å². The molecule has 1 fully saturated rings. The quantitative estimate of drug-likeness (QED) is 0.688. The molecule has 1 saturated heterocycles. The average Bonchev–Trinajstić information content (AvgIpc) is 2.40. The van der Waals surface area contributed by atoms with Crippen LogP contribution < -0.4 is 5.73 Å². The van der Waals surface area contributed by atoms with Crippen LogP contribution in [0, 0.1) is 0 Å². The number of carbonyl (C=O) groups is 1. The Morgan fingerprint density at radius 1 is 1.17 bits per heavy atom. The number of ketones is 1. The summed E-state index contributed by atoms with van der Waals surface area (Å²) in [7, 11) is 0. The van der Waals surface area contributed by atoms with E-state index >= 15 is 0 Å². The lowest BCUT2D eigenvalue weighted by Crippen LogP contribution is -2.39. The fourth-order valence-electron chi connectivity index (χ4n) is 2.88. The summed E-state index contributed by atoms with van der Waals surface area (Å²) < 4.78 is 0. The Balaban J connectivity index is 2.36. The van der Waals surface area contributed by atoms with Crippen LogP contribution in [0.25, 0.3) is 0 Å². The zero-order valence-electron chi connectivity index (χ0n) is 12.0. The van der Waals surface area contributed by atoms with Crippen LogP contribution in [0.4, 0.5) is 0 Å². The summed E-state index contributed by atoms with van der Waals surface area (Å²) in [5.74, 6) is 0.437. The number of rotatable bonds is 9. The van der Waals surface area contributed by atoms with Gasteiger partial charge in [0.05, 0.1) is 0 Å². The standard InChI is InChI=1S/C15H30N2O/c1-2-7-15(18)10-9-14(8-6-11-16)17-12-4-3-5-13-17/h14H,2-13,16H2,1H3. The molecule has 106 valence electrons. The first kappa shape index (κ1) is 15.6. The Hall–Kier alpha value is -0.410. The molecule has 3 heteroatoms. The largest absolute Gasteiger partial charge is 0.330 e. The maximum atomic E-state index is 11.7. The summed E-state index contributed by atoms with van der Waals surface area (Å²) in [4.78, 5) is 14.3. The molecule has 0 aromatic rings. The van der Waals surface area contributed by atoms with Crippen LogP contribution in [0.2, 0.25) is 0 Å². The van der Waals surface area contributed by atoms with Crippen molar-refractivity contribution in [3.8, 4) is 0 Å². The predicted molar refractivity (Wildman–Crippen MR) is 76.6 cm³/mol. The SMILES string of the molecule is CCCC(=O)CCC(CCCN)N1CCCCC1. The fraction of sp³-hybridized carbons (Fsp3) is 0.933. The highest BCUT2D eigenvalue weighted by atomic mass is 16.1. The van der Waals surface area contributed by atoms with E-state index in [-0.39, 0.29) is 0 Å². The van der Waals surface area contributed by atoms with E-state index in [1.807, 2.05) is 0 Å². The van der Waals surface area contributed by atoms with Crippen molar-refractivity contribution < 1.29 is 4.79 Å². The van der Waals surface area contributed by atoms with E-state index in [4.69, 9.17) is 5.73 Å². The topological polar surface area (TPSA) is 46.3 Å². The van der Waals surface area contributed by atoms with Gasteiger partial charge in [0.1, 0.15) is 5.78 Å². The zero-order chi connectivity index (χ0) is 13.2. The minimum Gasteiger partial charge on any atom is -0.330 e. The lowest BCUT2D eigenvalue weighted by Gasteiger charge is -2.34. The second kappa shape index (κ2) is 9.51. The van der Waals surface area contributed by atoms with Crippen molar-refractivity contribution in [2.24, 2.45) is 5.73 Å². The van der Waals surface area contributed by atoms with Crippen molar-refractivity contribution >= 4 is 5.78 Å². The van der Waals surface area contributed by atoms with Crippen molar-refractivity contribution in [1.29, 1.82) is 0 Å². The number of likely N-dealkylation sites (tertiary alicyclic amines) is 1. The molecule has 0 spiro atoms. The summed E-state index contributed by atoms with van der Waals surface area (Å²) in [5, 5.41) is 0. The molecule has 0 aromatic carbocycles. The highest BCUT2D eigenvalue weighted by molar-refractivity contribution is 5.78. The Morgan fingerprint density at radius 2 is 1.89 bits per heavy atom. The first-order valence-corrected chi connectivity index (χ1v) is 7.73. The van der Waals surface area contributed by atoms with Gasteiger partial charge < -0.3 is 10.6 Å². The van der Waals surface area contributed by atoms with Crippen molar-refractivity contribution in [2.45, 2.75) is 70.8 Å². The number of nitrogens with two attached hydrogens (primary N) is 1. The summed E-state index contributed by atoms with van der Waals surface area (Å²) >= 11 is 0. The van der Waals surface area contributed by atoms with Crippen LogP contribution in [-0.2, 0) is 4.79 Å². The van der Waals surface area contributed by atoms with Crippen LogP contribution >= 0.6 is 0 Å². The Morgan fingerprint density at radius 3 is 2.50 bits per heavy atom. The summed E-state index contributed by atoms with van der Waals surface area (Å²) in [6.07, 6.45) is 9.80. The van der Waals surface area contributed by atoms with Crippen molar-refractivity contribution in [3.63, 3.8) is 0 Å². The van der Waals surface area contributed by atoms with Crippen LogP contribution in [0.3, 0.4) is 0 Å². The molecule has 0 radical (unpaired) electrons. The number of Topliss-reactive ketones (excluding diaryl/α,β-unsaturated/α-hetero) is 1.